The van der Waals surface area contributed by atoms with Gasteiger partial charge in [-0.25, -0.2) is 9.67 Å². The lowest BCUT2D eigenvalue weighted by Gasteiger charge is -2.22. The molecule has 0 bridgehead atoms. The van der Waals surface area contributed by atoms with Gasteiger partial charge in [-0.05, 0) is 38.5 Å². The normalized spacial score (nSPS) is 14.3. The summed E-state index contributed by atoms with van der Waals surface area (Å²) < 4.78 is 3.24. The van der Waals surface area contributed by atoms with Crippen molar-refractivity contribution in [2.24, 2.45) is 7.05 Å². The summed E-state index contributed by atoms with van der Waals surface area (Å²) >= 11 is 0. The van der Waals surface area contributed by atoms with Gasteiger partial charge in [0, 0.05) is 30.9 Å². The summed E-state index contributed by atoms with van der Waals surface area (Å²) in [4.78, 5) is 8.17. The van der Waals surface area contributed by atoms with Gasteiger partial charge in [-0.3, -0.25) is 4.68 Å². The second kappa shape index (κ2) is 6.36. The summed E-state index contributed by atoms with van der Waals surface area (Å²) in [5.74, 6) is 0.584. The molecule has 9 heteroatoms. The van der Waals surface area contributed by atoms with Gasteiger partial charge >= 0.3 is 0 Å². The number of fused-ring (bicyclic) bond motifs is 1. The van der Waals surface area contributed by atoms with E-state index in [9.17, 15) is 10.2 Å². The molecule has 4 rings (SSSR count). The molecule has 0 spiro atoms. The fourth-order valence-electron chi connectivity index (χ4n) is 3.35. The summed E-state index contributed by atoms with van der Waals surface area (Å²) in [5, 5.41) is 31.5. The maximum absolute atomic E-state index is 11.2. The van der Waals surface area contributed by atoms with Crippen LogP contribution in [0.5, 0.6) is 0 Å². The minimum atomic E-state index is -1.32. The van der Waals surface area contributed by atoms with Crippen molar-refractivity contribution in [1.82, 2.24) is 29.5 Å². The highest BCUT2D eigenvalue weighted by Gasteiger charge is 2.31. The Labute approximate surface area is 167 Å². The SMILES string of the molecule is Cn1ccc(C(C)(O)c2ccc3c(C(C)(C)O)nn(-c4ccnc(N)n4)c3c2)n1. The number of nitrogen functional groups attached to an aromatic ring is 1. The van der Waals surface area contributed by atoms with E-state index >= 15 is 0 Å². The molecule has 1 unspecified atom stereocenters. The Morgan fingerprint density at radius 1 is 1.03 bits per heavy atom. The lowest BCUT2D eigenvalue weighted by atomic mass is 9.91. The molecule has 0 saturated heterocycles. The van der Waals surface area contributed by atoms with Crippen LogP contribution in [0.25, 0.3) is 16.7 Å². The predicted molar refractivity (Wildman–Crippen MR) is 108 cm³/mol. The van der Waals surface area contributed by atoms with Crippen LogP contribution in [0.4, 0.5) is 5.95 Å². The van der Waals surface area contributed by atoms with Crippen molar-refractivity contribution in [3.8, 4) is 5.82 Å². The molecule has 3 aromatic heterocycles. The number of aliphatic hydroxyl groups is 2. The molecule has 0 aliphatic heterocycles. The molecule has 0 saturated carbocycles. The average molecular weight is 393 g/mol. The molecule has 0 aliphatic carbocycles. The van der Waals surface area contributed by atoms with Gasteiger partial charge in [0.15, 0.2) is 5.82 Å². The van der Waals surface area contributed by atoms with Gasteiger partial charge in [-0.2, -0.15) is 15.2 Å². The largest absolute Gasteiger partial charge is 0.384 e. The smallest absolute Gasteiger partial charge is 0.221 e. The quantitative estimate of drug-likeness (QED) is 0.480. The van der Waals surface area contributed by atoms with E-state index in [0.29, 0.717) is 28.3 Å². The Balaban J connectivity index is 1.97. The molecule has 3 heterocycles. The molecule has 0 fully saturated rings. The van der Waals surface area contributed by atoms with Crippen LogP contribution in [0.1, 0.15) is 37.7 Å². The van der Waals surface area contributed by atoms with Crippen LogP contribution in [0.3, 0.4) is 0 Å². The van der Waals surface area contributed by atoms with Crippen LogP contribution in [0.2, 0.25) is 0 Å². The zero-order valence-corrected chi connectivity index (χ0v) is 16.7. The zero-order valence-electron chi connectivity index (χ0n) is 16.7. The summed E-state index contributed by atoms with van der Waals surface area (Å²) in [6.07, 6.45) is 3.32. The van der Waals surface area contributed by atoms with E-state index in [0.717, 1.165) is 5.39 Å². The number of benzene rings is 1. The first-order chi connectivity index (χ1) is 13.6. The standard InChI is InChI=1S/C20H23N7O2/c1-19(2,28)17-13-6-5-12(20(3,29)15-8-10-26(4)24-15)11-14(13)27(25-17)16-7-9-22-18(21)23-16/h5-11,28-29H,1-4H3,(H2,21,22,23). The summed E-state index contributed by atoms with van der Waals surface area (Å²) in [7, 11) is 1.80. The number of rotatable bonds is 4. The highest BCUT2D eigenvalue weighted by molar-refractivity contribution is 5.85. The van der Waals surface area contributed by atoms with E-state index in [1.54, 1.807) is 61.7 Å². The number of hydrogen-bond donors (Lipinski definition) is 3. The molecule has 29 heavy (non-hydrogen) atoms. The van der Waals surface area contributed by atoms with Crippen molar-refractivity contribution in [2.75, 3.05) is 5.73 Å². The molecule has 0 amide bonds. The number of nitrogens with zero attached hydrogens (tertiary/aromatic N) is 6. The molecular weight excluding hydrogens is 370 g/mol. The first kappa shape index (κ1) is 19.0. The highest BCUT2D eigenvalue weighted by Crippen LogP contribution is 2.34. The Morgan fingerprint density at radius 3 is 2.41 bits per heavy atom. The van der Waals surface area contributed by atoms with Crippen molar-refractivity contribution >= 4 is 16.9 Å². The molecule has 150 valence electrons. The summed E-state index contributed by atoms with van der Waals surface area (Å²) in [5.41, 5.74) is 5.59. The van der Waals surface area contributed by atoms with E-state index in [-0.39, 0.29) is 5.95 Å². The summed E-state index contributed by atoms with van der Waals surface area (Å²) in [6, 6.07) is 8.93. The minimum absolute atomic E-state index is 0.118. The second-order valence-electron chi connectivity index (χ2n) is 7.77. The molecule has 1 aromatic carbocycles. The van der Waals surface area contributed by atoms with Crippen LogP contribution < -0.4 is 5.73 Å². The maximum Gasteiger partial charge on any atom is 0.221 e. The number of hydrogen-bond acceptors (Lipinski definition) is 7. The first-order valence-corrected chi connectivity index (χ1v) is 9.15. The van der Waals surface area contributed by atoms with Gasteiger partial charge < -0.3 is 15.9 Å². The van der Waals surface area contributed by atoms with Gasteiger partial charge in [0.2, 0.25) is 5.95 Å². The van der Waals surface area contributed by atoms with Crippen molar-refractivity contribution in [2.45, 2.75) is 32.0 Å². The van der Waals surface area contributed by atoms with Crippen molar-refractivity contribution in [3.05, 3.63) is 59.7 Å². The second-order valence-corrected chi connectivity index (χ2v) is 7.77. The van der Waals surface area contributed by atoms with Gasteiger partial charge in [0.25, 0.3) is 0 Å². The Bertz CT molecular complexity index is 1200. The van der Waals surface area contributed by atoms with E-state index in [1.807, 2.05) is 18.2 Å². The minimum Gasteiger partial charge on any atom is -0.384 e. The van der Waals surface area contributed by atoms with Crippen LogP contribution in [-0.2, 0) is 18.2 Å². The number of anilines is 1. The molecule has 0 radical (unpaired) electrons. The lowest BCUT2D eigenvalue weighted by Crippen LogP contribution is -2.23. The predicted octanol–water partition coefficient (Wildman–Crippen LogP) is 1.61. The molecular formula is C20H23N7O2. The van der Waals surface area contributed by atoms with Gasteiger partial charge in [0.05, 0.1) is 11.2 Å². The number of aryl methyl sites for hydroxylation is 1. The number of nitrogens with two attached hydrogens (primary N) is 1. The zero-order chi connectivity index (χ0) is 21.0. The molecule has 0 aliphatic rings. The Kier molecular flexibility index (Phi) is 4.18. The molecule has 9 nitrogen and oxygen atoms in total. The molecule has 4 aromatic rings. The van der Waals surface area contributed by atoms with Crippen LogP contribution in [0.15, 0.2) is 42.7 Å². The van der Waals surface area contributed by atoms with Crippen LogP contribution >= 0.6 is 0 Å². The third-order valence-electron chi connectivity index (χ3n) is 4.91. The van der Waals surface area contributed by atoms with E-state index < -0.39 is 11.2 Å². The van der Waals surface area contributed by atoms with Crippen molar-refractivity contribution in [1.29, 1.82) is 0 Å². The third-order valence-corrected chi connectivity index (χ3v) is 4.91. The van der Waals surface area contributed by atoms with Crippen molar-refractivity contribution in [3.63, 3.8) is 0 Å². The fraction of sp³-hybridized carbons (Fsp3) is 0.300. The van der Waals surface area contributed by atoms with E-state index in [2.05, 4.69) is 20.2 Å². The Hall–Kier alpha value is -3.30. The van der Waals surface area contributed by atoms with Crippen LogP contribution in [0, 0.1) is 0 Å². The average Bonchev–Trinajstić information content (AvgIpc) is 3.25. The lowest BCUT2D eigenvalue weighted by molar-refractivity contribution is 0.0749. The third kappa shape index (κ3) is 3.24. The van der Waals surface area contributed by atoms with E-state index in [1.165, 1.54) is 0 Å². The van der Waals surface area contributed by atoms with Crippen LogP contribution in [-0.4, -0.2) is 39.7 Å². The molecule has 1 atom stereocenters. The highest BCUT2D eigenvalue weighted by atomic mass is 16.3. The van der Waals surface area contributed by atoms with E-state index in [4.69, 9.17) is 5.73 Å². The summed E-state index contributed by atoms with van der Waals surface area (Å²) in [6.45, 7) is 5.04. The monoisotopic (exact) mass is 393 g/mol. The van der Waals surface area contributed by atoms with Gasteiger partial charge in [-0.15, -0.1) is 0 Å². The number of aromatic nitrogens is 6. The van der Waals surface area contributed by atoms with Gasteiger partial charge in [-0.1, -0.05) is 12.1 Å². The topological polar surface area (TPSA) is 128 Å². The maximum atomic E-state index is 11.2. The first-order valence-electron chi connectivity index (χ1n) is 9.15. The fourth-order valence-corrected chi connectivity index (χ4v) is 3.35. The Morgan fingerprint density at radius 2 is 1.79 bits per heavy atom. The molecule has 4 N–H and O–H groups in total. The van der Waals surface area contributed by atoms with Gasteiger partial charge in [0.1, 0.15) is 16.9 Å². The van der Waals surface area contributed by atoms with Crippen molar-refractivity contribution < 1.29 is 10.2 Å².